The van der Waals surface area contributed by atoms with Crippen LogP contribution in [-0.2, 0) is 13.6 Å². The molecule has 2 aromatic heterocycles. The summed E-state index contributed by atoms with van der Waals surface area (Å²) >= 11 is 0. The fourth-order valence-electron chi connectivity index (χ4n) is 1.77. The smallest absolute Gasteiger partial charge is 0.257 e. The standard InChI is InChI=1S/C14H19FN4O/c1-9(2)17-8-11-5-6-16-14(13(11)15)20-12-7-10(3)18-19(12)4/h5-7,9,17H,8H2,1-4H3. The average Bonchev–Trinajstić information content (AvgIpc) is 2.69. The fourth-order valence-corrected chi connectivity index (χ4v) is 1.77. The van der Waals surface area contributed by atoms with Gasteiger partial charge in [-0.3, -0.25) is 0 Å². The van der Waals surface area contributed by atoms with Crippen molar-refractivity contribution in [1.29, 1.82) is 0 Å². The SMILES string of the molecule is Cc1cc(Oc2nccc(CNC(C)C)c2F)n(C)n1. The summed E-state index contributed by atoms with van der Waals surface area (Å²) in [5, 5.41) is 7.32. The van der Waals surface area contributed by atoms with Crippen molar-refractivity contribution in [1.82, 2.24) is 20.1 Å². The Kier molecular flexibility index (Phi) is 4.34. The van der Waals surface area contributed by atoms with E-state index in [2.05, 4.69) is 15.4 Å². The van der Waals surface area contributed by atoms with E-state index in [1.807, 2.05) is 20.8 Å². The maximum atomic E-state index is 14.3. The third-order valence-electron chi connectivity index (χ3n) is 2.80. The van der Waals surface area contributed by atoms with E-state index in [1.54, 1.807) is 30.1 Å². The summed E-state index contributed by atoms with van der Waals surface area (Å²) in [7, 11) is 1.74. The average molecular weight is 278 g/mol. The lowest BCUT2D eigenvalue weighted by molar-refractivity contribution is 0.383. The summed E-state index contributed by atoms with van der Waals surface area (Å²) in [6.45, 7) is 6.30. The van der Waals surface area contributed by atoms with Gasteiger partial charge < -0.3 is 10.1 Å². The molecule has 2 aromatic rings. The second kappa shape index (κ2) is 6.00. The van der Waals surface area contributed by atoms with Crippen LogP contribution in [0.4, 0.5) is 4.39 Å². The van der Waals surface area contributed by atoms with Gasteiger partial charge in [-0.15, -0.1) is 0 Å². The summed E-state index contributed by atoms with van der Waals surface area (Å²) in [6.07, 6.45) is 1.54. The highest BCUT2D eigenvalue weighted by molar-refractivity contribution is 5.27. The van der Waals surface area contributed by atoms with Crippen molar-refractivity contribution < 1.29 is 9.13 Å². The Morgan fingerprint density at radius 2 is 2.20 bits per heavy atom. The number of aryl methyl sites for hydroxylation is 2. The van der Waals surface area contributed by atoms with Crippen LogP contribution < -0.4 is 10.1 Å². The number of nitrogens with zero attached hydrogens (tertiary/aromatic N) is 3. The highest BCUT2D eigenvalue weighted by atomic mass is 19.1. The number of ether oxygens (including phenoxy) is 1. The highest BCUT2D eigenvalue weighted by Crippen LogP contribution is 2.24. The first-order valence-electron chi connectivity index (χ1n) is 6.52. The Balaban J connectivity index is 2.20. The number of aromatic nitrogens is 3. The third-order valence-corrected chi connectivity index (χ3v) is 2.80. The molecule has 20 heavy (non-hydrogen) atoms. The highest BCUT2D eigenvalue weighted by Gasteiger charge is 2.14. The van der Waals surface area contributed by atoms with E-state index in [-0.39, 0.29) is 11.9 Å². The fraction of sp³-hybridized carbons (Fsp3) is 0.429. The van der Waals surface area contributed by atoms with Crippen LogP contribution in [0.5, 0.6) is 11.8 Å². The molecule has 0 fully saturated rings. The molecule has 0 unspecified atom stereocenters. The van der Waals surface area contributed by atoms with Gasteiger partial charge in [0.25, 0.3) is 5.88 Å². The van der Waals surface area contributed by atoms with Crippen LogP contribution in [0.1, 0.15) is 25.1 Å². The summed E-state index contributed by atoms with van der Waals surface area (Å²) < 4.78 is 21.3. The molecule has 0 spiro atoms. The second-order valence-electron chi connectivity index (χ2n) is 4.97. The number of pyridine rings is 1. The van der Waals surface area contributed by atoms with Gasteiger partial charge in [0.15, 0.2) is 5.82 Å². The van der Waals surface area contributed by atoms with E-state index in [0.717, 1.165) is 5.69 Å². The first-order valence-corrected chi connectivity index (χ1v) is 6.52. The van der Waals surface area contributed by atoms with Crippen LogP contribution in [0.15, 0.2) is 18.3 Å². The molecule has 0 saturated heterocycles. The molecule has 0 aliphatic heterocycles. The van der Waals surface area contributed by atoms with E-state index in [9.17, 15) is 4.39 Å². The Hall–Kier alpha value is -1.95. The number of hydrogen-bond acceptors (Lipinski definition) is 4. The predicted octanol–water partition coefficient (Wildman–Crippen LogP) is 2.55. The zero-order valence-corrected chi connectivity index (χ0v) is 12.1. The topological polar surface area (TPSA) is 52.0 Å². The first-order chi connectivity index (χ1) is 9.47. The van der Waals surface area contributed by atoms with Crippen molar-refractivity contribution in [2.45, 2.75) is 33.4 Å². The van der Waals surface area contributed by atoms with Gasteiger partial charge in [-0.2, -0.15) is 5.10 Å². The Morgan fingerprint density at radius 1 is 1.45 bits per heavy atom. The predicted molar refractivity (Wildman–Crippen MR) is 74.2 cm³/mol. The van der Waals surface area contributed by atoms with Gasteiger partial charge in [-0.1, -0.05) is 13.8 Å². The number of hydrogen-bond donors (Lipinski definition) is 1. The molecule has 1 N–H and O–H groups in total. The quantitative estimate of drug-likeness (QED) is 0.913. The van der Waals surface area contributed by atoms with Crippen molar-refractivity contribution >= 4 is 0 Å². The van der Waals surface area contributed by atoms with Crippen LogP contribution in [-0.4, -0.2) is 20.8 Å². The van der Waals surface area contributed by atoms with Crippen LogP contribution in [0.3, 0.4) is 0 Å². The molecule has 0 saturated carbocycles. The van der Waals surface area contributed by atoms with Gasteiger partial charge in [0.2, 0.25) is 5.88 Å². The zero-order chi connectivity index (χ0) is 14.7. The van der Waals surface area contributed by atoms with E-state index >= 15 is 0 Å². The summed E-state index contributed by atoms with van der Waals surface area (Å²) in [5.74, 6) is -0.0153. The van der Waals surface area contributed by atoms with Gasteiger partial charge in [-0.25, -0.2) is 14.1 Å². The van der Waals surface area contributed by atoms with Gasteiger partial charge in [0.1, 0.15) is 0 Å². The van der Waals surface area contributed by atoms with E-state index in [4.69, 9.17) is 4.74 Å². The van der Waals surface area contributed by atoms with Crippen molar-refractivity contribution in [2.75, 3.05) is 0 Å². The molecule has 2 heterocycles. The second-order valence-corrected chi connectivity index (χ2v) is 4.97. The molecular weight excluding hydrogens is 259 g/mol. The number of nitrogens with one attached hydrogen (secondary N) is 1. The lowest BCUT2D eigenvalue weighted by atomic mass is 10.2. The Bertz CT molecular complexity index is 595. The molecule has 0 aromatic carbocycles. The van der Waals surface area contributed by atoms with Gasteiger partial charge in [0, 0.05) is 37.5 Å². The molecule has 0 bridgehead atoms. The molecule has 108 valence electrons. The Morgan fingerprint density at radius 3 is 2.80 bits per heavy atom. The van der Waals surface area contributed by atoms with Gasteiger partial charge >= 0.3 is 0 Å². The van der Waals surface area contributed by atoms with Crippen molar-refractivity contribution in [2.24, 2.45) is 7.05 Å². The molecule has 0 aliphatic rings. The summed E-state index contributed by atoms with van der Waals surface area (Å²) in [4.78, 5) is 3.95. The molecule has 6 heteroatoms. The van der Waals surface area contributed by atoms with Crippen LogP contribution in [0.2, 0.25) is 0 Å². The van der Waals surface area contributed by atoms with Crippen molar-refractivity contribution in [3.8, 4) is 11.8 Å². The summed E-state index contributed by atoms with van der Waals surface area (Å²) in [5.41, 5.74) is 1.34. The third kappa shape index (κ3) is 3.33. The molecule has 0 radical (unpaired) electrons. The lowest BCUT2D eigenvalue weighted by Crippen LogP contribution is -2.22. The van der Waals surface area contributed by atoms with Gasteiger partial charge in [0.05, 0.1) is 5.69 Å². The van der Waals surface area contributed by atoms with Gasteiger partial charge in [-0.05, 0) is 13.0 Å². The molecule has 2 rings (SSSR count). The molecule has 0 amide bonds. The van der Waals surface area contributed by atoms with E-state index in [0.29, 0.717) is 18.0 Å². The van der Waals surface area contributed by atoms with Crippen LogP contribution in [0.25, 0.3) is 0 Å². The lowest BCUT2D eigenvalue weighted by Gasteiger charge is -2.11. The largest absolute Gasteiger partial charge is 0.418 e. The molecular formula is C14H19FN4O. The maximum absolute atomic E-state index is 14.3. The minimum Gasteiger partial charge on any atom is -0.418 e. The minimum absolute atomic E-state index is 0.0314. The van der Waals surface area contributed by atoms with E-state index < -0.39 is 5.82 Å². The normalized spacial score (nSPS) is 11.1. The zero-order valence-electron chi connectivity index (χ0n) is 12.1. The van der Waals surface area contributed by atoms with E-state index in [1.165, 1.54) is 0 Å². The first kappa shape index (κ1) is 14.5. The van der Waals surface area contributed by atoms with Crippen molar-refractivity contribution in [3.05, 3.63) is 35.4 Å². The molecule has 0 atom stereocenters. The van der Waals surface area contributed by atoms with Crippen LogP contribution in [0, 0.1) is 12.7 Å². The minimum atomic E-state index is -0.445. The Labute approximate surface area is 117 Å². The number of halogens is 1. The van der Waals surface area contributed by atoms with Crippen molar-refractivity contribution in [3.63, 3.8) is 0 Å². The monoisotopic (exact) mass is 278 g/mol. The summed E-state index contributed by atoms with van der Waals surface area (Å²) in [6, 6.07) is 3.67. The molecule has 5 nitrogen and oxygen atoms in total. The van der Waals surface area contributed by atoms with Crippen LogP contribution >= 0.6 is 0 Å². The maximum Gasteiger partial charge on any atom is 0.257 e. The molecule has 0 aliphatic carbocycles. The number of rotatable bonds is 5.